The molecule has 1 heterocycles. The first-order valence-corrected chi connectivity index (χ1v) is 8.67. The van der Waals surface area contributed by atoms with Crippen LogP contribution in [0.1, 0.15) is 38.2 Å². The van der Waals surface area contributed by atoms with E-state index in [-0.39, 0.29) is 24.0 Å². The molecular weight excluding hydrogens is 399 g/mol. The lowest BCUT2D eigenvalue weighted by atomic mass is 10.2. The minimum absolute atomic E-state index is 0. The molecule has 1 aromatic rings. The number of hydrogen-bond acceptors (Lipinski definition) is 2. The third kappa shape index (κ3) is 8.55. The van der Waals surface area contributed by atoms with Gasteiger partial charge in [-0.15, -0.1) is 24.0 Å². The summed E-state index contributed by atoms with van der Waals surface area (Å²) in [5, 5.41) is 6.78. The molecule has 130 valence electrons. The number of guanidine groups is 1. The maximum Gasteiger partial charge on any atom is 0.191 e. The van der Waals surface area contributed by atoms with E-state index in [1.807, 2.05) is 6.07 Å². The summed E-state index contributed by atoms with van der Waals surface area (Å²) < 4.78 is 0. The van der Waals surface area contributed by atoms with Gasteiger partial charge in [0.1, 0.15) is 0 Å². The van der Waals surface area contributed by atoms with Crippen LogP contribution in [-0.2, 0) is 6.54 Å². The monoisotopic (exact) mass is 430 g/mol. The predicted molar refractivity (Wildman–Crippen MR) is 110 cm³/mol. The van der Waals surface area contributed by atoms with Crippen LogP contribution in [0.3, 0.4) is 0 Å². The Hall–Kier alpha value is -0.820. The lowest BCUT2D eigenvalue weighted by Gasteiger charge is -2.20. The van der Waals surface area contributed by atoms with Crippen LogP contribution in [0.2, 0.25) is 0 Å². The second-order valence-electron chi connectivity index (χ2n) is 5.86. The van der Waals surface area contributed by atoms with Crippen molar-refractivity contribution in [2.75, 3.05) is 32.7 Å². The molecule has 1 aromatic carbocycles. The Labute approximate surface area is 158 Å². The van der Waals surface area contributed by atoms with Crippen molar-refractivity contribution in [1.29, 1.82) is 0 Å². The van der Waals surface area contributed by atoms with Crippen molar-refractivity contribution in [2.45, 2.75) is 39.2 Å². The fraction of sp³-hybridized carbons (Fsp3) is 0.611. The molecule has 0 aliphatic carbocycles. The Morgan fingerprint density at radius 1 is 1.04 bits per heavy atom. The molecule has 1 aliphatic heterocycles. The van der Waals surface area contributed by atoms with E-state index in [9.17, 15) is 0 Å². The third-order valence-corrected chi connectivity index (χ3v) is 4.03. The molecule has 0 aromatic heterocycles. The summed E-state index contributed by atoms with van der Waals surface area (Å²) in [5.41, 5.74) is 1.24. The first-order chi connectivity index (χ1) is 10.9. The topological polar surface area (TPSA) is 39.7 Å². The highest BCUT2D eigenvalue weighted by Gasteiger charge is 2.08. The van der Waals surface area contributed by atoms with Crippen molar-refractivity contribution in [3.8, 4) is 0 Å². The average Bonchev–Trinajstić information content (AvgIpc) is 2.82. The van der Waals surface area contributed by atoms with Crippen LogP contribution in [0.15, 0.2) is 35.3 Å². The zero-order valence-corrected chi connectivity index (χ0v) is 16.6. The van der Waals surface area contributed by atoms with E-state index in [2.05, 4.69) is 51.7 Å². The molecule has 1 aliphatic rings. The Balaban J connectivity index is 0.00000264. The van der Waals surface area contributed by atoms with Gasteiger partial charge in [-0.05, 0) is 38.4 Å². The maximum absolute atomic E-state index is 4.66. The summed E-state index contributed by atoms with van der Waals surface area (Å²) in [5.74, 6) is 0.918. The highest BCUT2D eigenvalue weighted by molar-refractivity contribution is 14.0. The number of nitrogens with one attached hydrogen (secondary N) is 2. The van der Waals surface area contributed by atoms with Crippen LogP contribution in [0.5, 0.6) is 0 Å². The molecule has 5 heteroatoms. The summed E-state index contributed by atoms with van der Waals surface area (Å²) in [4.78, 5) is 7.23. The lowest BCUT2D eigenvalue weighted by Crippen LogP contribution is -2.41. The van der Waals surface area contributed by atoms with Gasteiger partial charge in [0.25, 0.3) is 0 Å². The lowest BCUT2D eigenvalue weighted by molar-refractivity contribution is 0.289. The maximum atomic E-state index is 4.66. The van der Waals surface area contributed by atoms with E-state index >= 15 is 0 Å². The van der Waals surface area contributed by atoms with Gasteiger partial charge in [0, 0.05) is 19.6 Å². The standard InChI is InChI=1S/C18H30N4.HI/c1-2-19-18(21-16-17-10-6-5-7-11-17)20-12-15-22-13-8-3-4-9-14-22;/h5-7,10-11H,2-4,8-9,12-16H2,1H3,(H2,19,20,21);1H. The van der Waals surface area contributed by atoms with Crippen molar-refractivity contribution in [3.63, 3.8) is 0 Å². The molecular formula is C18H31IN4. The summed E-state index contributed by atoms with van der Waals surface area (Å²) in [7, 11) is 0. The highest BCUT2D eigenvalue weighted by atomic mass is 127. The average molecular weight is 430 g/mol. The minimum atomic E-state index is 0. The number of likely N-dealkylation sites (tertiary alicyclic amines) is 1. The molecule has 1 saturated heterocycles. The van der Waals surface area contributed by atoms with Gasteiger partial charge in [0.05, 0.1) is 6.54 Å². The van der Waals surface area contributed by atoms with Gasteiger partial charge < -0.3 is 15.5 Å². The van der Waals surface area contributed by atoms with Gasteiger partial charge in [-0.25, -0.2) is 4.99 Å². The van der Waals surface area contributed by atoms with E-state index in [0.29, 0.717) is 0 Å². The minimum Gasteiger partial charge on any atom is -0.357 e. The summed E-state index contributed by atoms with van der Waals surface area (Å²) >= 11 is 0. The summed E-state index contributed by atoms with van der Waals surface area (Å²) in [6.45, 7) is 8.29. The molecule has 23 heavy (non-hydrogen) atoms. The molecule has 0 unspecified atom stereocenters. The Bertz CT molecular complexity index is 428. The summed E-state index contributed by atoms with van der Waals surface area (Å²) in [6.07, 6.45) is 5.49. The molecule has 0 radical (unpaired) electrons. The zero-order valence-electron chi connectivity index (χ0n) is 14.3. The van der Waals surface area contributed by atoms with Crippen LogP contribution in [0.25, 0.3) is 0 Å². The van der Waals surface area contributed by atoms with E-state index < -0.39 is 0 Å². The van der Waals surface area contributed by atoms with Crippen LogP contribution < -0.4 is 10.6 Å². The highest BCUT2D eigenvalue weighted by Crippen LogP contribution is 2.08. The van der Waals surface area contributed by atoms with Crippen molar-refractivity contribution in [2.24, 2.45) is 4.99 Å². The largest absolute Gasteiger partial charge is 0.357 e. The molecule has 0 bridgehead atoms. The number of halogens is 1. The Kier molecular flexibility index (Phi) is 11.1. The van der Waals surface area contributed by atoms with Gasteiger partial charge in [0.15, 0.2) is 5.96 Å². The normalized spacial score (nSPS) is 16.3. The quantitative estimate of drug-likeness (QED) is 0.414. The third-order valence-electron chi connectivity index (χ3n) is 4.03. The number of aliphatic imine (C=N–C) groups is 1. The van der Waals surface area contributed by atoms with Crippen LogP contribution in [0, 0.1) is 0 Å². The van der Waals surface area contributed by atoms with Crippen molar-refractivity contribution < 1.29 is 0 Å². The first kappa shape index (κ1) is 20.2. The van der Waals surface area contributed by atoms with Crippen molar-refractivity contribution >= 4 is 29.9 Å². The summed E-state index contributed by atoms with van der Waals surface area (Å²) in [6, 6.07) is 10.4. The zero-order chi connectivity index (χ0) is 15.5. The fourth-order valence-corrected chi connectivity index (χ4v) is 2.79. The van der Waals surface area contributed by atoms with E-state index in [1.165, 1.54) is 44.3 Å². The van der Waals surface area contributed by atoms with Crippen molar-refractivity contribution in [1.82, 2.24) is 15.5 Å². The first-order valence-electron chi connectivity index (χ1n) is 8.67. The van der Waals surface area contributed by atoms with E-state index in [0.717, 1.165) is 32.1 Å². The second kappa shape index (κ2) is 12.6. The number of hydrogen-bond donors (Lipinski definition) is 2. The fourth-order valence-electron chi connectivity index (χ4n) is 2.79. The predicted octanol–water partition coefficient (Wildman–Crippen LogP) is 3.24. The van der Waals surface area contributed by atoms with Gasteiger partial charge in [-0.3, -0.25) is 0 Å². The smallest absolute Gasteiger partial charge is 0.191 e. The Morgan fingerprint density at radius 3 is 2.39 bits per heavy atom. The second-order valence-corrected chi connectivity index (χ2v) is 5.86. The van der Waals surface area contributed by atoms with Crippen molar-refractivity contribution in [3.05, 3.63) is 35.9 Å². The molecule has 0 amide bonds. The van der Waals surface area contributed by atoms with E-state index in [1.54, 1.807) is 0 Å². The SMILES string of the molecule is CCNC(=NCc1ccccc1)NCCN1CCCCCC1.I. The molecule has 1 fully saturated rings. The van der Waals surface area contributed by atoms with Crippen LogP contribution >= 0.6 is 24.0 Å². The molecule has 0 saturated carbocycles. The van der Waals surface area contributed by atoms with Crippen LogP contribution in [-0.4, -0.2) is 43.6 Å². The molecule has 2 rings (SSSR count). The van der Waals surface area contributed by atoms with E-state index in [4.69, 9.17) is 0 Å². The molecule has 0 atom stereocenters. The van der Waals surface area contributed by atoms with Gasteiger partial charge in [0.2, 0.25) is 0 Å². The number of rotatable bonds is 6. The van der Waals surface area contributed by atoms with Gasteiger partial charge >= 0.3 is 0 Å². The van der Waals surface area contributed by atoms with Crippen LogP contribution in [0.4, 0.5) is 0 Å². The number of benzene rings is 1. The molecule has 0 spiro atoms. The molecule has 4 nitrogen and oxygen atoms in total. The van der Waals surface area contributed by atoms with Gasteiger partial charge in [-0.1, -0.05) is 43.2 Å². The van der Waals surface area contributed by atoms with Gasteiger partial charge in [-0.2, -0.15) is 0 Å². The Morgan fingerprint density at radius 2 is 1.74 bits per heavy atom. The number of nitrogens with zero attached hydrogens (tertiary/aromatic N) is 2. The molecule has 2 N–H and O–H groups in total.